The molecule has 28 heavy (non-hydrogen) atoms. The Bertz CT molecular complexity index is 697. The van der Waals surface area contributed by atoms with E-state index >= 15 is 0 Å². The number of ether oxygens (including phenoxy) is 1. The Morgan fingerprint density at radius 2 is 2.04 bits per heavy atom. The fraction of sp³-hybridized carbons (Fsp3) is 0.571. The van der Waals surface area contributed by atoms with Crippen molar-refractivity contribution in [1.29, 1.82) is 0 Å². The molecule has 1 amide bonds. The second-order valence-corrected chi connectivity index (χ2v) is 7.18. The van der Waals surface area contributed by atoms with E-state index in [1.165, 1.54) is 7.11 Å². The standard InChI is InChI=1S/C21H32N4O3/c1-5-15(2)19(26)24-18-8-6-7-16(13-18)14-23-21(22-3)25-11-9-17(10-12-25)20(27)28-4/h6-8,13,15,17H,5,9-12,14H2,1-4H3,(H,22,23)(H,24,26). The molecule has 0 saturated carbocycles. The summed E-state index contributed by atoms with van der Waals surface area (Å²) in [6, 6.07) is 7.83. The van der Waals surface area contributed by atoms with Crippen LogP contribution >= 0.6 is 0 Å². The summed E-state index contributed by atoms with van der Waals surface area (Å²) in [5.74, 6) is 0.701. The number of piperidine rings is 1. The molecule has 0 spiro atoms. The predicted molar refractivity (Wildman–Crippen MR) is 111 cm³/mol. The van der Waals surface area contributed by atoms with Gasteiger partial charge in [0.2, 0.25) is 5.91 Å². The number of esters is 1. The van der Waals surface area contributed by atoms with Crippen molar-refractivity contribution in [3.05, 3.63) is 29.8 Å². The third-order valence-corrected chi connectivity index (χ3v) is 5.25. The second-order valence-electron chi connectivity index (χ2n) is 7.18. The number of hydrogen-bond donors (Lipinski definition) is 2. The molecule has 1 aromatic rings. The molecule has 1 saturated heterocycles. The van der Waals surface area contributed by atoms with Crippen LogP contribution in [0.5, 0.6) is 0 Å². The van der Waals surface area contributed by atoms with Gasteiger partial charge in [-0.1, -0.05) is 26.0 Å². The molecular weight excluding hydrogens is 356 g/mol. The minimum Gasteiger partial charge on any atom is -0.469 e. The molecule has 0 aliphatic carbocycles. The number of carbonyl (C=O) groups is 2. The van der Waals surface area contributed by atoms with Gasteiger partial charge in [0.15, 0.2) is 5.96 Å². The summed E-state index contributed by atoms with van der Waals surface area (Å²) in [5.41, 5.74) is 1.87. The number of guanidine groups is 1. The van der Waals surface area contributed by atoms with Crippen molar-refractivity contribution in [2.75, 3.05) is 32.6 Å². The van der Waals surface area contributed by atoms with Crippen LogP contribution in [0.1, 0.15) is 38.7 Å². The lowest BCUT2D eigenvalue weighted by Gasteiger charge is -2.33. The minimum absolute atomic E-state index is 0.00599. The van der Waals surface area contributed by atoms with E-state index in [-0.39, 0.29) is 23.7 Å². The Kier molecular flexibility index (Phi) is 8.29. The average Bonchev–Trinajstić information content (AvgIpc) is 2.73. The first kappa shape index (κ1) is 21.7. The first-order valence-corrected chi connectivity index (χ1v) is 9.91. The Morgan fingerprint density at radius 1 is 1.32 bits per heavy atom. The normalized spacial score (nSPS) is 16.4. The Hall–Kier alpha value is -2.57. The van der Waals surface area contributed by atoms with Crippen LogP contribution in [-0.4, -0.2) is 50.0 Å². The van der Waals surface area contributed by atoms with Crippen LogP contribution in [0, 0.1) is 11.8 Å². The zero-order chi connectivity index (χ0) is 20.5. The van der Waals surface area contributed by atoms with Crippen molar-refractivity contribution >= 4 is 23.5 Å². The quantitative estimate of drug-likeness (QED) is 0.445. The summed E-state index contributed by atoms with van der Waals surface area (Å²) < 4.78 is 4.84. The number of anilines is 1. The maximum absolute atomic E-state index is 12.1. The monoisotopic (exact) mass is 388 g/mol. The Morgan fingerprint density at radius 3 is 2.64 bits per heavy atom. The molecule has 7 heteroatoms. The van der Waals surface area contributed by atoms with Crippen molar-refractivity contribution in [3.8, 4) is 0 Å². The number of nitrogens with zero attached hydrogens (tertiary/aromatic N) is 2. The van der Waals surface area contributed by atoms with Crippen LogP contribution in [0.25, 0.3) is 0 Å². The highest BCUT2D eigenvalue weighted by molar-refractivity contribution is 5.92. The number of nitrogens with one attached hydrogen (secondary N) is 2. The second kappa shape index (κ2) is 10.7. The highest BCUT2D eigenvalue weighted by atomic mass is 16.5. The lowest BCUT2D eigenvalue weighted by Crippen LogP contribution is -2.46. The maximum atomic E-state index is 12.1. The fourth-order valence-corrected chi connectivity index (χ4v) is 3.22. The fourth-order valence-electron chi connectivity index (χ4n) is 3.22. The van der Waals surface area contributed by atoms with E-state index in [4.69, 9.17) is 4.74 Å². The average molecular weight is 389 g/mol. The smallest absolute Gasteiger partial charge is 0.308 e. The highest BCUT2D eigenvalue weighted by Crippen LogP contribution is 2.19. The topological polar surface area (TPSA) is 83.0 Å². The number of aliphatic imine (C=N–C) groups is 1. The molecule has 1 aliphatic heterocycles. The summed E-state index contributed by atoms with van der Waals surface area (Å²) in [5, 5.41) is 6.34. The summed E-state index contributed by atoms with van der Waals surface area (Å²) >= 11 is 0. The molecule has 2 rings (SSSR count). The Labute approximate surface area is 167 Å². The van der Waals surface area contributed by atoms with Gasteiger partial charge >= 0.3 is 5.97 Å². The van der Waals surface area contributed by atoms with E-state index in [0.29, 0.717) is 6.54 Å². The van der Waals surface area contributed by atoms with Crippen molar-refractivity contribution in [1.82, 2.24) is 10.2 Å². The van der Waals surface area contributed by atoms with Gasteiger partial charge in [-0.2, -0.15) is 0 Å². The lowest BCUT2D eigenvalue weighted by atomic mass is 9.97. The first-order valence-electron chi connectivity index (χ1n) is 9.91. The molecule has 0 aromatic heterocycles. The number of likely N-dealkylation sites (tertiary alicyclic amines) is 1. The molecule has 0 bridgehead atoms. The Balaban J connectivity index is 1.89. The van der Waals surface area contributed by atoms with Gasteiger partial charge in [0.1, 0.15) is 0 Å². The van der Waals surface area contributed by atoms with Gasteiger partial charge in [-0.25, -0.2) is 0 Å². The van der Waals surface area contributed by atoms with Gasteiger partial charge < -0.3 is 20.3 Å². The van der Waals surface area contributed by atoms with E-state index in [1.807, 2.05) is 38.1 Å². The van der Waals surface area contributed by atoms with E-state index in [1.54, 1.807) is 7.05 Å². The number of methoxy groups -OCH3 is 1. The lowest BCUT2D eigenvalue weighted by molar-refractivity contribution is -0.146. The molecular formula is C21H32N4O3. The molecule has 2 N–H and O–H groups in total. The van der Waals surface area contributed by atoms with Crippen LogP contribution in [0.3, 0.4) is 0 Å². The van der Waals surface area contributed by atoms with Crippen LogP contribution in [0.4, 0.5) is 5.69 Å². The van der Waals surface area contributed by atoms with E-state index in [2.05, 4.69) is 20.5 Å². The predicted octanol–water partition coefficient (Wildman–Crippen LogP) is 2.63. The molecule has 1 aromatic carbocycles. The SMILES string of the molecule is CCC(C)C(=O)Nc1cccc(CNC(=NC)N2CCC(C(=O)OC)CC2)c1. The third-order valence-electron chi connectivity index (χ3n) is 5.25. The maximum Gasteiger partial charge on any atom is 0.308 e. The number of carbonyl (C=O) groups excluding carboxylic acids is 2. The van der Waals surface area contributed by atoms with Crippen molar-refractivity contribution in [2.45, 2.75) is 39.7 Å². The molecule has 1 aliphatic rings. The van der Waals surface area contributed by atoms with Crippen LogP contribution < -0.4 is 10.6 Å². The van der Waals surface area contributed by atoms with Gasteiger partial charge in [0, 0.05) is 38.3 Å². The zero-order valence-electron chi connectivity index (χ0n) is 17.3. The van der Waals surface area contributed by atoms with Gasteiger partial charge in [-0.15, -0.1) is 0 Å². The van der Waals surface area contributed by atoms with E-state index < -0.39 is 0 Å². The van der Waals surface area contributed by atoms with Gasteiger partial charge in [-0.3, -0.25) is 14.6 Å². The van der Waals surface area contributed by atoms with Crippen molar-refractivity contribution in [3.63, 3.8) is 0 Å². The first-order chi connectivity index (χ1) is 13.5. The minimum atomic E-state index is -0.126. The third kappa shape index (κ3) is 5.97. The zero-order valence-corrected chi connectivity index (χ0v) is 17.3. The van der Waals surface area contributed by atoms with Gasteiger partial charge in [0.25, 0.3) is 0 Å². The molecule has 154 valence electrons. The highest BCUT2D eigenvalue weighted by Gasteiger charge is 2.26. The number of benzene rings is 1. The molecule has 1 fully saturated rings. The largest absolute Gasteiger partial charge is 0.469 e. The van der Waals surface area contributed by atoms with Crippen molar-refractivity contribution < 1.29 is 14.3 Å². The number of rotatable bonds is 6. The molecule has 1 unspecified atom stereocenters. The van der Waals surface area contributed by atoms with Crippen LogP contribution in [-0.2, 0) is 20.9 Å². The molecule has 1 heterocycles. The van der Waals surface area contributed by atoms with Crippen molar-refractivity contribution in [2.24, 2.45) is 16.8 Å². The summed E-state index contributed by atoms with van der Waals surface area (Å²) in [6.45, 7) is 6.07. The molecule has 0 radical (unpaired) electrons. The van der Waals surface area contributed by atoms with Crippen LogP contribution in [0.2, 0.25) is 0 Å². The molecule has 7 nitrogen and oxygen atoms in total. The van der Waals surface area contributed by atoms with E-state index in [0.717, 1.165) is 49.6 Å². The van der Waals surface area contributed by atoms with E-state index in [9.17, 15) is 9.59 Å². The summed E-state index contributed by atoms with van der Waals surface area (Å²) in [7, 11) is 3.20. The number of amides is 1. The van der Waals surface area contributed by atoms with Gasteiger partial charge in [-0.05, 0) is 37.0 Å². The number of hydrogen-bond acceptors (Lipinski definition) is 4. The molecule has 1 atom stereocenters. The van der Waals surface area contributed by atoms with Gasteiger partial charge in [0.05, 0.1) is 13.0 Å². The summed E-state index contributed by atoms with van der Waals surface area (Å²) in [4.78, 5) is 30.3. The van der Waals surface area contributed by atoms with Crippen LogP contribution in [0.15, 0.2) is 29.3 Å². The summed E-state index contributed by atoms with van der Waals surface area (Å²) in [6.07, 6.45) is 2.35.